The molecule has 0 spiro atoms. The molecule has 2 rings (SSSR count). The lowest BCUT2D eigenvalue weighted by Crippen LogP contribution is -2.46. The van der Waals surface area contributed by atoms with Crippen LogP contribution in [0.4, 0.5) is 10.1 Å². The molecule has 0 aromatic heterocycles. The van der Waals surface area contributed by atoms with Crippen molar-refractivity contribution in [3.05, 3.63) is 30.1 Å². The summed E-state index contributed by atoms with van der Waals surface area (Å²) in [5, 5.41) is 0. The van der Waals surface area contributed by atoms with E-state index in [1.54, 1.807) is 12.1 Å². The van der Waals surface area contributed by atoms with Gasteiger partial charge in [-0.05, 0) is 50.4 Å². The zero-order valence-corrected chi connectivity index (χ0v) is 13.1. The molecule has 21 heavy (non-hydrogen) atoms. The fourth-order valence-corrected chi connectivity index (χ4v) is 3.01. The van der Waals surface area contributed by atoms with Crippen molar-refractivity contribution in [2.24, 2.45) is 11.7 Å². The lowest BCUT2D eigenvalue weighted by molar-refractivity contribution is 0.246. The Labute approximate surface area is 127 Å². The van der Waals surface area contributed by atoms with Crippen molar-refractivity contribution in [2.75, 3.05) is 44.2 Å². The van der Waals surface area contributed by atoms with Gasteiger partial charge in [0.15, 0.2) is 0 Å². The number of hydrogen-bond acceptors (Lipinski definition) is 3. The molecule has 1 fully saturated rings. The zero-order chi connectivity index (χ0) is 15.1. The van der Waals surface area contributed by atoms with E-state index in [-0.39, 0.29) is 5.82 Å². The highest BCUT2D eigenvalue weighted by molar-refractivity contribution is 5.47. The van der Waals surface area contributed by atoms with Gasteiger partial charge in [0.25, 0.3) is 0 Å². The van der Waals surface area contributed by atoms with Crippen molar-refractivity contribution in [3.63, 3.8) is 0 Å². The zero-order valence-electron chi connectivity index (χ0n) is 13.1. The number of benzene rings is 1. The Bertz CT molecular complexity index is 416. The van der Waals surface area contributed by atoms with E-state index in [2.05, 4.69) is 16.7 Å². The van der Waals surface area contributed by atoms with E-state index in [9.17, 15) is 4.39 Å². The molecule has 1 aliphatic heterocycles. The van der Waals surface area contributed by atoms with E-state index in [1.807, 2.05) is 12.1 Å². The lowest BCUT2D eigenvalue weighted by Gasteiger charge is -2.36. The number of anilines is 1. The molecule has 3 nitrogen and oxygen atoms in total. The van der Waals surface area contributed by atoms with Crippen molar-refractivity contribution >= 4 is 5.69 Å². The van der Waals surface area contributed by atoms with Gasteiger partial charge in [0.05, 0.1) is 5.69 Å². The van der Waals surface area contributed by atoms with Crippen molar-refractivity contribution in [1.82, 2.24) is 4.90 Å². The summed E-state index contributed by atoms with van der Waals surface area (Å²) in [5.74, 6) is 0.622. The maximum Gasteiger partial charge on any atom is 0.146 e. The number of nitrogens with two attached hydrogens (primary N) is 1. The fraction of sp³-hybridized carbons (Fsp3) is 0.647. The van der Waals surface area contributed by atoms with Crippen LogP contribution in [0.5, 0.6) is 0 Å². The van der Waals surface area contributed by atoms with Crippen LogP contribution >= 0.6 is 0 Å². The first kappa shape index (κ1) is 16.2. The average molecular weight is 293 g/mol. The second-order valence-electron chi connectivity index (χ2n) is 6.10. The van der Waals surface area contributed by atoms with Crippen LogP contribution in [0.2, 0.25) is 0 Å². The van der Waals surface area contributed by atoms with Gasteiger partial charge in [-0.25, -0.2) is 4.39 Å². The van der Waals surface area contributed by atoms with Gasteiger partial charge in [0.1, 0.15) is 5.82 Å². The van der Waals surface area contributed by atoms with Gasteiger partial charge < -0.3 is 10.6 Å². The van der Waals surface area contributed by atoms with Crippen LogP contribution in [-0.2, 0) is 0 Å². The Morgan fingerprint density at radius 3 is 2.52 bits per heavy atom. The highest BCUT2D eigenvalue weighted by Gasteiger charge is 2.18. The second kappa shape index (κ2) is 8.35. The molecule has 1 saturated heterocycles. The first-order valence-corrected chi connectivity index (χ1v) is 8.12. The quantitative estimate of drug-likeness (QED) is 0.839. The first-order valence-electron chi connectivity index (χ1n) is 8.12. The third kappa shape index (κ3) is 4.97. The summed E-state index contributed by atoms with van der Waals surface area (Å²) in [6.45, 7) is 8.11. The molecule has 0 amide bonds. The molecule has 1 aromatic rings. The Morgan fingerprint density at radius 1 is 1.14 bits per heavy atom. The Kier molecular flexibility index (Phi) is 6.46. The molecule has 1 heterocycles. The summed E-state index contributed by atoms with van der Waals surface area (Å²) in [5.41, 5.74) is 6.32. The second-order valence-corrected chi connectivity index (χ2v) is 6.10. The van der Waals surface area contributed by atoms with Gasteiger partial charge in [0.2, 0.25) is 0 Å². The average Bonchev–Trinajstić information content (AvgIpc) is 2.49. The predicted octanol–water partition coefficient (Wildman–Crippen LogP) is 2.71. The minimum Gasteiger partial charge on any atom is -0.367 e. The number of hydrogen-bond donors (Lipinski definition) is 1. The van der Waals surface area contributed by atoms with Crippen molar-refractivity contribution < 1.29 is 4.39 Å². The summed E-state index contributed by atoms with van der Waals surface area (Å²) in [6.07, 6.45) is 3.62. The monoisotopic (exact) mass is 293 g/mol. The summed E-state index contributed by atoms with van der Waals surface area (Å²) in [7, 11) is 0. The molecule has 1 aliphatic rings. The van der Waals surface area contributed by atoms with Crippen LogP contribution in [0.1, 0.15) is 26.2 Å². The molecule has 4 heteroatoms. The van der Waals surface area contributed by atoms with E-state index < -0.39 is 0 Å². The summed E-state index contributed by atoms with van der Waals surface area (Å²) >= 11 is 0. The molecule has 1 unspecified atom stereocenters. The number of piperazine rings is 1. The molecule has 1 aromatic carbocycles. The number of nitrogens with zero attached hydrogens (tertiary/aromatic N) is 2. The van der Waals surface area contributed by atoms with Crippen LogP contribution in [-0.4, -0.2) is 44.2 Å². The maximum atomic E-state index is 13.8. The SMILES string of the molecule is CC(CCN)CCCN1CCN(c2ccccc2F)CC1. The Morgan fingerprint density at radius 2 is 1.86 bits per heavy atom. The van der Waals surface area contributed by atoms with Gasteiger partial charge >= 0.3 is 0 Å². The third-order valence-corrected chi connectivity index (χ3v) is 4.40. The van der Waals surface area contributed by atoms with Gasteiger partial charge in [-0.2, -0.15) is 0 Å². The molecule has 0 bridgehead atoms. The van der Waals surface area contributed by atoms with E-state index in [0.717, 1.165) is 57.3 Å². The highest BCUT2D eigenvalue weighted by Crippen LogP contribution is 2.20. The summed E-state index contributed by atoms with van der Waals surface area (Å²) in [6, 6.07) is 7.07. The lowest BCUT2D eigenvalue weighted by atomic mass is 10.0. The number of halogens is 1. The largest absolute Gasteiger partial charge is 0.367 e. The standard InChI is InChI=1S/C17H28FN3/c1-15(8-9-19)5-4-10-20-11-13-21(14-12-20)17-7-3-2-6-16(17)18/h2-3,6-7,15H,4-5,8-14,19H2,1H3. The number of para-hydroxylation sites is 1. The van der Waals surface area contributed by atoms with Gasteiger partial charge in [0, 0.05) is 26.2 Å². The third-order valence-electron chi connectivity index (χ3n) is 4.40. The molecule has 0 saturated carbocycles. The molecule has 1 atom stereocenters. The van der Waals surface area contributed by atoms with E-state index in [4.69, 9.17) is 5.73 Å². The summed E-state index contributed by atoms with van der Waals surface area (Å²) in [4.78, 5) is 4.65. The van der Waals surface area contributed by atoms with Crippen LogP contribution < -0.4 is 10.6 Å². The molecule has 0 radical (unpaired) electrons. The minimum absolute atomic E-state index is 0.110. The highest BCUT2D eigenvalue weighted by atomic mass is 19.1. The molecule has 0 aliphatic carbocycles. The first-order chi connectivity index (χ1) is 10.2. The van der Waals surface area contributed by atoms with Gasteiger partial charge in [-0.3, -0.25) is 4.90 Å². The van der Waals surface area contributed by atoms with Crippen LogP contribution in [0, 0.1) is 11.7 Å². The number of rotatable bonds is 7. The maximum absolute atomic E-state index is 13.8. The Balaban J connectivity index is 1.70. The topological polar surface area (TPSA) is 32.5 Å². The Hall–Kier alpha value is -1.13. The van der Waals surface area contributed by atoms with Crippen molar-refractivity contribution in [2.45, 2.75) is 26.2 Å². The van der Waals surface area contributed by atoms with Crippen molar-refractivity contribution in [3.8, 4) is 0 Å². The van der Waals surface area contributed by atoms with E-state index in [1.165, 1.54) is 12.8 Å². The van der Waals surface area contributed by atoms with E-state index in [0.29, 0.717) is 0 Å². The van der Waals surface area contributed by atoms with Crippen LogP contribution in [0.25, 0.3) is 0 Å². The van der Waals surface area contributed by atoms with E-state index >= 15 is 0 Å². The fourth-order valence-electron chi connectivity index (χ4n) is 3.01. The molecule has 118 valence electrons. The smallest absolute Gasteiger partial charge is 0.146 e. The molecular weight excluding hydrogens is 265 g/mol. The van der Waals surface area contributed by atoms with Crippen LogP contribution in [0.15, 0.2) is 24.3 Å². The van der Waals surface area contributed by atoms with Gasteiger partial charge in [-0.15, -0.1) is 0 Å². The molecular formula is C17H28FN3. The van der Waals surface area contributed by atoms with Gasteiger partial charge in [-0.1, -0.05) is 19.1 Å². The minimum atomic E-state index is -0.110. The van der Waals surface area contributed by atoms with Crippen molar-refractivity contribution in [1.29, 1.82) is 0 Å². The summed E-state index contributed by atoms with van der Waals surface area (Å²) < 4.78 is 13.8. The normalized spacial score (nSPS) is 18.0. The van der Waals surface area contributed by atoms with Crippen LogP contribution in [0.3, 0.4) is 0 Å². The molecule has 2 N–H and O–H groups in total. The predicted molar refractivity (Wildman–Crippen MR) is 87.1 cm³/mol.